The Balaban J connectivity index is 1.40. The van der Waals surface area contributed by atoms with E-state index in [9.17, 15) is 9.90 Å². The summed E-state index contributed by atoms with van der Waals surface area (Å²) in [6.45, 7) is 3.00. The van der Waals surface area contributed by atoms with E-state index >= 15 is 0 Å². The van der Waals surface area contributed by atoms with Crippen molar-refractivity contribution in [1.29, 1.82) is 0 Å². The number of hydrogen-bond donors (Lipinski definition) is 2. The zero-order valence-corrected chi connectivity index (χ0v) is 17.9. The summed E-state index contributed by atoms with van der Waals surface area (Å²) in [6.07, 6.45) is 11.2. The number of phenols is 1. The molecule has 1 saturated heterocycles. The molecule has 2 aliphatic rings. The lowest BCUT2D eigenvalue weighted by Gasteiger charge is -2.48. The van der Waals surface area contributed by atoms with E-state index in [0.717, 1.165) is 17.5 Å². The molecule has 4 rings (SSSR count). The van der Waals surface area contributed by atoms with Gasteiger partial charge in [0.15, 0.2) is 0 Å². The summed E-state index contributed by atoms with van der Waals surface area (Å²) < 4.78 is 0. The lowest BCUT2D eigenvalue weighted by atomic mass is 9.74. The second-order valence-electron chi connectivity index (χ2n) is 8.89. The van der Waals surface area contributed by atoms with Crippen LogP contribution in [-0.2, 0) is 12.0 Å². The predicted molar refractivity (Wildman–Crippen MR) is 121 cm³/mol. The number of rotatable bonds is 6. The van der Waals surface area contributed by atoms with Crippen molar-refractivity contribution in [2.75, 3.05) is 19.6 Å². The molecule has 1 saturated carbocycles. The standard InChI is InChI=1S/C26H34N2O2/c29-24-13-7-21(8-14-24)15-18-27-25(30)22-9-11-23(12-10-22)26(16-3-1-4-17-26)28-19-5-2-6-20-28/h7-14,29H,1-6,15-20H2,(H,27,30). The van der Waals surface area contributed by atoms with Gasteiger partial charge in [0.05, 0.1) is 0 Å². The molecule has 2 fully saturated rings. The molecule has 1 heterocycles. The van der Waals surface area contributed by atoms with Gasteiger partial charge in [-0.05, 0) is 80.6 Å². The van der Waals surface area contributed by atoms with Gasteiger partial charge in [-0.1, -0.05) is 49.9 Å². The summed E-state index contributed by atoms with van der Waals surface area (Å²) >= 11 is 0. The summed E-state index contributed by atoms with van der Waals surface area (Å²) in [6, 6.07) is 15.6. The first-order valence-electron chi connectivity index (χ1n) is 11.6. The smallest absolute Gasteiger partial charge is 0.251 e. The molecule has 1 amide bonds. The molecule has 160 valence electrons. The third-order valence-electron chi connectivity index (χ3n) is 6.96. The van der Waals surface area contributed by atoms with E-state index in [1.54, 1.807) is 12.1 Å². The summed E-state index contributed by atoms with van der Waals surface area (Å²) in [7, 11) is 0. The Hall–Kier alpha value is -2.33. The van der Waals surface area contributed by atoms with Crippen LogP contribution in [0.4, 0.5) is 0 Å². The topological polar surface area (TPSA) is 52.6 Å². The van der Waals surface area contributed by atoms with E-state index in [4.69, 9.17) is 0 Å². The van der Waals surface area contributed by atoms with Crippen LogP contribution in [0.3, 0.4) is 0 Å². The maximum absolute atomic E-state index is 12.6. The van der Waals surface area contributed by atoms with Crippen LogP contribution in [0.2, 0.25) is 0 Å². The molecule has 4 heteroatoms. The second-order valence-corrected chi connectivity index (χ2v) is 8.89. The minimum atomic E-state index is -0.0176. The number of phenolic OH excluding ortho intramolecular Hbond substituents is 1. The molecule has 0 spiro atoms. The van der Waals surface area contributed by atoms with Crippen molar-refractivity contribution in [1.82, 2.24) is 10.2 Å². The van der Waals surface area contributed by atoms with Gasteiger partial charge in [-0.15, -0.1) is 0 Å². The summed E-state index contributed by atoms with van der Waals surface area (Å²) in [4.78, 5) is 15.3. The van der Waals surface area contributed by atoms with Gasteiger partial charge in [-0.2, -0.15) is 0 Å². The minimum Gasteiger partial charge on any atom is -0.508 e. The van der Waals surface area contributed by atoms with Gasteiger partial charge in [-0.3, -0.25) is 9.69 Å². The van der Waals surface area contributed by atoms with E-state index in [1.165, 1.54) is 70.0 Å². The Kier molecular flexibility index (Phi) is 6.73. The number of likely N-dealkylation sites (tertiary alicyclic amines) is 1. The van der Waals surface area contributed by atoms with Crippen LogP contribution in [0.1, 0.15) is 72.9 Å². The largest absolute Gasteiger partial charge is 0.508 e. The first-order valence-corrected chi connectivity index (χ1v) is 11.6. The molecule has 0 bridgehead atoms. The Morgan fingerprint density at radius 2 is 1.50 bits per heavy atom. The maximum atomic E-state index is 12.6. The van der Waals surface area contributed by atoms with Crippen LogP contribution < -0.4 is 5.32 Å². The summed E-state index contributed by atoms with van der Waals surface area (Å²) in [5.74, 6) is 0.249. The molecular formula is C26H34N2O2. The number of carbonyl (C=O) groups excluding carboxylic acids is 1. The molecule has 2 N–H and O–H groups in total. The lowest BCUT2D eigenvalue weighted by molar-refractivity contribution is 0.0303. The molecule has 2 aromatic rings. The number of nitrogens with one attached hydrogen (secondary N) is 1. The van der Waals surface area contributed by atoms with Gasteiger partial charge in [0.1, 0.15) is 5.75 Å². The molecule has 1 aliphatic heterocycles. The average Bonchev–Trinajstić information content (AvgIpc) is 2.81. The van der Waals surface area contributed by atoms with Crippen molar-refractivity contribution in [3.05, 3.63) is 65.2 Å². The van der Waals surface area contributed by atoms with Gasteiger partial charge in [0.2, 0.25) is 0 Å². The zero-order valence-electron chi connectivity index (χ0n) is 17.9. The second kappa shape index (κ2) is 9.65. The monoisotopic (exact) mass is 406 g/mol. The quantitative estimate of drug-likeness (QED) is 0.709. The fraction of sp³-hybridized carbons (Fsp3) is 0.500. The highest BCUT2D eigenvalue weighted by molar-refractivity contribution is 5.94. The highest BCUT2D eigenvalue weighted by atomic mass is 16.3. The van der Waals surface area contributed by atoms with Crippen LogP contribution in [0.5, 0.6) is 5.75 Å². The van der Waals surface area contributed by atoms with Crippen molar-refractivity contribution >= 4 is 5.91 Å². The van der Waals surface area contributed by atoms with Gasteiger partial charge in [0, 0.05) is 17.6 Å². The highest BCUT2D eigenvalue weighted by Crippen LogP contribution is 2.43. The molecule has 1 aliphatic carbocycles. The molecule has 4 nitrogen and oxygen atoms in total. The molecule has 0 atom stereocenters. The number of benzene rings is 2. The fourth-order valence-corrected chi connectivity index (χ4v) is 5.26. The third-order valence-corrected chi connectivity index (χ3v) is 6.96. The van der Waals surface area contributed by atoms with E-state index in [2.05, 4.69) is 22.3 Å². The van der Waals surface area contributed by atoms with Crippen molar-refractivity contribution in [2.24, 2.45) is 0 Å². The molecule has 0 unspecified atom stereocenters. The molecule has 2 aromatic carbocycles. The van der Waals surface area contributed by atoms with E-state index < -0.39 is 0 Å². The zero-order chi connectivity index (χ0) is 20.8. The van der Waals surface area contributed by atoms with Crippen LogP contribution in [0, 0.1) is 0 Å². The van der Waals surface area contributed by atoms with Gasteiger partial charge < -0.3 is 10.4 Å². The molecular weight excluding hydrogens is 372 g/mol. The molecule has 0 radical (unpaired) electrons. The normalized spacial score (nSPS) is 19.3. The number of carbonyl (C=O) groups is 1. The third kappa shape index (κ3) is 4.70. The van der Waals surface area contributed by atoms with Crippen LogP contribution in [0.25, 0.3) is 0 Å². The number of aromatic hydroxyl groups is 1. The lowest BCUT2D eigenvalue weighted by Crippen LogP contribution is -2.49. The Morgan fingerprint density at radius 1 is 0.867 bits per heavy atom. The van der Waals surface area contributed by atoms with Gasteiger partial charge in [-0.25, -0.2) is 0 Å². The number of piperidine rings is 1. The maximum Gasteiger partial charge on any atom is 0.251 e. The first kappa shape index (κ1) is 20.9. The van der Waals surface area contributed by atoms with Crippen molar-refractivity contribution in [2.45, 2.75) is 63.3 Å². The van der Waals surface area contributed by atoms with E-state index in [1.807, 2.05) is 24.3 Å². The number of hydrogen-bond acceptors (Lipinski definition) is 3. The fourth-order valence-electron chi connectivity index (χ4n) is 5.26. The Morgan fingerprint density at radius 3 is 2.17 bits per heavy atom. The average molecular weight is 407 g/mol. The van der Waals surface area contributed by atoms with E-state index in [0.29, 0.717) is 6.54 Å². The van der Waals surface area contributed by atoms with Crippen molar-refractivity contribution in [3.8, 4) is 5.75 Å². The minimum absolute atomic E-state index is 0.0176. The Bertz CT molecular complexity index is 817. The SMILES string of the molecule is O=C(NCCc1ccc(O)cc1)c1ccc(C2(N3CCCCC3)CCCCC2)cc1. The number of amides is 1. The van der Waals surface area contributed by atoms with Crippen molar-refractivity contribution < 1.29 is 9.90 Å². The van der Waals surface area contributed by atoms with Crippen LogP contribution in [0.15, 0.2) is 48.5 Å². The Labute approximate surface area is 180 Å². The molecule has 0 aromatic heterocycles. The van der Waals surface area contributed by atoms with Crippen molar-refractivity contribution in [3.63, 3.8) is 0 Å². The van der Waals surface area contributed by atoms with E-state index in [-0.39, 0.29) is 17.2 Å². The van der Waals surface area contributed by atoms with Crippen LogP contribution in [-0.4, -0.2) is 35.5 Å². The highest BCUT2D eigenvalue weighted by Gasteiger charge is 2.39. The molecule has 30 heavy (non-hydrogen) atoms. The van der Waals surface area contributed by atoms with Gasteiger partial charge >= 0.3 is 0 Å². The predicted octanol–water partition coefficient (Wildman–Crippen LogP) is 5.01. The summed E-state index contributed by atoms with van der Waals surface area (Å²) in [5.41, 5.74) is 3.40. The number of nitrogens with zero attached hydrogens (tertiary/aromatic N) is 1. The van der Waals surface area contributed by atoms with Gasteiger partial charge in [0.25, 0.3) is 5.91 Å². The van der Waals surface area contributed by atoms with Crippen LogP contribution >= 0.6 is 0 Å². The summed E-state index contributed by atoms with van der Waals surface area (Å²) in [5, 5.41) is 12.4. The first-order chi connectivity index (χ1) is 14.7.